The smallest absolute Gasteiger partial charge is 0.105 e. The lowest BCUT2D eigenvalue weighted by Gasteiger charge is -2.28. The highest BCUT2D eigenvalue weighted by atomic mass is 19.1. The van der Waals surface area contributed by atoms with E-state index in [9.17, 15) is 4.39 Å². The molecular weight excluding hydrogens is 153 g/mol. The van der Waals surface area contributed by atoms with E-state index >= 15 is 0 Å². The molecule has 1 nitrogen and oxygen atoms in total. The molecule has 1 saturated heterocycles. The Labute approximate surface area is 73.9 Å². The molecule has 2 aliphatic rings. The first kappa shape index (κ1) is 8.49. The van der Waals surface area contributed by atoms with E-state index in [1.165, 1.54) is 32.1 Å². The lowest BCUT2D eigenvalue weighted by atomic mass is 10.2. The zero-order valence-electron chi connectivity index (χ0n) is 7.64. The van der Waals surface area contributed by atoms with Gasteiger partial charge in [-0.25, -0.2) is 4.39 Å². The van der Waals surface area contributed by atoms with Gasteiger partial charge in [-0.15, -0.1) is 0 Å². The number of rotatable bonds is 2. The molecule has 1 saturated carbocycles. The second-order valence-corrected chi connectivity index (χ2v) is 4.13. The van der Waals surface area contributed by atoms with Crippen molar-refractivity contribution in [1.29, 1.82) is 0 Å². The fourth-order valence-corrected chi connectivity index (χ4v) is 2.74. The van der Waals surface area contributed by atoms with Crippen molar-refractivity contribution >= 4 is 0 Å². The first-order valence-corrected chi connectivity index (χ1v) is 5.23. The van der Waals surface area contributed by atoms with Crippen LogP contribution in [0.3, 0.4) is 0 Å². The third kappa shape index (κ3) is 1.49. The molecule has 2 fully saturated rings. The van der Waals surface area contributed by atoms with Crippen LogP contribution in [0.4, 0.5) is 4.39 Å². The van der Waals surface area contributed by atoms with Crippen molar-refractivity contribution < 1.29 is 4.39 Å². The van der Waals surface area contributed by atoms with Crippen LogP contribution in [-0.4, -0.2) is 30.2 Å². The lowest BCUT2D eigenvalue weighted by molar-refractivity contribution is 0.157. The van der Waals surface area contributed by atoms with Crippen LogP contribution in [0.2, 0.25) is 0 Å². The summed E-state index contributed by atoms with van der Waals surface area (Å²) in [4.78, 5) is 2.42. The largest absolute Gasteiger partial charge is 0.295 e. The summed E-state index contributed by atoms with van der Waals surface area (Å²) >= 11 is 0. The van der Waals surface area contributed by atoms with Gasteiger partial charge >= 0.3 is 0 Å². The van der Waals surface area contributed by atoms with E-state index in [0.717, 1.165) is 19.0 Å². The van der Waals surface area contributed by atoms with Crippen LogP contribution in [0.15, 0.2) is 0 Å². The predicted molar refractivity (Wildman–Crippen MR) is 48.0 cm³/mol. The van der Waals surface area contributed by atoms with E-state index in [1.54, 1.807) is 0 Å². The van der Waals surface area contributed by atoms with Gasteiger partial charge in [0, 0.05) is 12.1 Å². The van der Waals surface area contributed by atoms with Gasteiger partial charge in [0.2, 0.25) is 0 Å². The molecule has 0 radical (unpaired) electrons. The normalized spacial score (nSPS) is 33.2. The maximum absolute atomic E-state index is 12.6. The third-order valence-corrected chi connectivity index (χ3v) is 3.39. The molecule has 0 spiro atoms. The van der Waals surface area contributed by atoms with Gasteiger partial charge in [0.1, 0.15) is 6.67 Å². The third-order valence-electron chi connectivity index (χ3n) is 3.39. The SMILES string of the molecule is FCC1CCCN1C1CCCC1. The molecule has 1 aliphatic heterocycles. The molecule has 1 atom stereocenters. The fraction of sp³-hybridized carbons (Fsp3) is 1.00. The average molecular weight is 171 g/mol. The van der Waals surface area contributed by atoms with Crippen LogP contribution in [0.5, 0.6) is 0 Å². The Morgan fingerprint density at radius 2 is 1.83 bits per heavy atom. The first-order chi connectivity index (χ1) is 5.92. The van der Waals surface area contributed by atoms with Gasteiger partial charge in [-0.05, 0) is 32.2 Å². The Morgan fingerprint density at radius 3 is 2.50 bits per heavy atom. The number of likely N-dealkylation sites (tertiary alicyclic amines) is 1. The van der Waals surface area contributed by atoms with Crippen LogP contribution in [0.25, 0.3) is 0 Å². The highest BCUT2D eigenvalue weighted by Crippen LogP contribution is 2.29. The molecule has 2 rings (SSSR count). The molecule has 2 heteroatoms. The van der Waals surface area contributed by atoms with Crippen molar-refractivity contribution in [3.63, 3.8) is 0 Å². The highest BCUT2D eigenvalue weighted by Gasteiger charge is 2.31. The molecule has 0 N–H and O–H groups in total. The van der Waals surface area contributed by atoms with Gasteiger partial charge in [-0.2, -0.15) is 0 Å². The maximum Gasteiger partial charge on any atom is 0.105 e. The fourth-order valence-electron chi connectivity index (χ4n) is 2.74. The molecule has 0 aromatic rings. The zero-order valence-corrected chi connectivity index (χ0v) is 7.64. The zero-order chi connectivity index (χ0) is 8.39. The molecule has 1 heterocycles. The molecule has 0 aromatic heterocycles. The molecule has 1 unspecified atom stereocenters. The quantitative estimate of drug-likeness (QED) is 0.616. The van der Waals surface area contributed by atoms with Gasteiger partial charge in [0.25, 0.3) is 0 Å². The van der Waals surface area contributed by atoms with Crippen LogP contribution in [0, 0.1) is 0 Å². The van der Waals surface area contributed by atoms with Crippen molar-refractivity contribution in [2.75, 3.05) is 13.2 Å². The molecule has 0 amide bonds. The van der Waals surface area contributed by atoms with E-state index < -0.39 is 0 Å². The Morgan fingerprint density at radius 1 is 1.08 bits per heavy atom. The van der Waals surface area contributed by atoms with Gasteiger partial charge in [-0.3, -0.25) is 4.90 Å². The maximum atomic E-state index is 12.6. The van der Waals surface area contributed by atoms with Crippen LogP contribution < -0.4 is 0 Å². The van der Waals surface area contributed by atoms with E-state index in [4.69, 9.17) is 0 Å². The second kappa shape index (κ2) is 3.73. The Hall–Kier alpha value is -0.110. The molecule has 12 heavy (non-hydrogen) atoms. The monoisotopic (exact) mass is 171 g/mol. The summed E-state index contributed by atoms with van der Waals surface area (Å²) in [6.45, 7) is 1.02. The Balaban J connectivity index is 1.92. The second-order valence-electron chi connectivity index (χ2n) is 4.13. The summed E-state index contributed by atoms with van der Waals surface area (Å²) in [6.07, 6.45) is 7.66. The molecule has 70 valence electrons. The topological polar surface area (TPSA) is 3.24 Å². The molecule has 0 bridgehead atoms. The number of nitrogens with zero attached hydrogens (tertiary/aromatic N) is 1. The van der Waals surface area contributed by atoms with Gasteiger partial charge in [0.15, 0.2) is 0 Å². The van der Waals surface area contributed by atoms with E-state index in [1.807, 2.05) is 0 Å². The highest BCUT2D eigenvalue weighted by molar-refractivity contribution is 4.86. The summed E-state index contributed by atoms with van der Waals surface area (Å²) in [5.41, 5.74) is 0. The summed E-state index contributed by atoms with van der Waals surface area (Å²) in [5, 5.41) is 0. The van der Waals surface area contributed by atoms with E-state index in [2.05, 4.69) is 4.90 Å². The van der Waals surface area contributed by atoms with Crippen molar-refractivity contribution in [2.24, 2.45) is 0 Å². The van der Waals surface area contributed by atoms with Crippen molar-refractivity contribution in [3.05, 3.63) is 0 Å². The van der Waals surface area contributed by atoms with Crippen LogP contribution in [-0.2, 0) is 0 Å². The standard InChI is InChI=1S/C10H18FN/c11-8-10-6-3-7-12(10)9-4-1-2-5-9/h9-10H,1-8H2. The number of alkyl halides is 1. The van der Waals surface area contributed by atoms with Crippen LogP contribution >= 0.6 is 0 Å². The Kier molecular flexibility index (Phi) is 2.64. The number of hydrogen-bond acceptors (Lipinski definition) is 1. The lowest BCUT2D eigenvalue weighted by Crippen LogP contribution is -2.38. The van der Waals surface area contributed by atoms with Gasteiger partial charge in [-0.1, -0.05) is 12.8 Å². The van der Waals surface area contributed by atoms with Crippen molar-refractivity contribution in [3.8, 4) is 0 Å². The Bertz CT molecular complexity index is 143. The molecular formula is C10H18FN. The minimum atomic E-state index is -0.128. The summed E-state index contributed by atoms with van der Waals surface area (Å²) in [7, 11) is 0. The molecule has 0 aromatic carbocycles. The molecule has 1 aliphatic carbocycles. The van der Waals surface area contributed by atoms with Crippen molar-refractivity contribution in [1.82, 2.24) is 4.90 Å². The van der Waals surface area contributed by atoms with Gasteiger partial charge < -0.3 is 0 Å². The summed E-state index contributed by atoms with van der Waals surface area (Å²) in [6, 6.07) is 1.00. The van der Waals surface area contributed by atoms with Crippen LogP contribution in [0.1, 0.15) is 38.5 Å². The van der Waals surface area contributed by atoms with Gasteiger partial charge in [0.05, 0.1) is 0 Å². The predicted octanol–water partition coefficient (Wildman–Crippen LogP) is 2.36. The average Bonchev–Trinajstić information content (AvgIpc) is 2.74. The van der Waals surface area contributed by atoms with Crippen molar-refractivity contribution in [2.45, 2.75) is 50.6 Å². The van der Waals surface area contributed by atoms with E-state index in [0.29, 0.717) is 0 Å². The first-order valence-electron chi connectivity index (χ1n) is 5.23. The minimum absolute atomic E-state index is 0.128. The number of hydrogen-bond donors (Lipinski definition) is 0. The van der Waals surface area contributed by atoms with E-state index in [-0.39, 0.29) is 12.7 Å². The summed E-state index contributed by atoms with van der Waals surface area (Å²) in [5.74, 6) is 0. The minimum Gasteiger partial charge on any atom is -0.295 e. The number of halogens is 1. The summed E-state index contributed by atoms with van der Waals surface area (Å²) < 4.78 is 12.6.